The van der Waals surface area contributed by atoms with Gasteiger partial charge in [0.05, 0.1) is 5.56 Å². The molecular weight excluding hydrogens is 428 g/mol. The highest BCUT2D eigenvalue weighted by Gasteiger charge is 2.72. The number of carbonyl (C=O) groups excluding carboxylic acids is 2. The lowest BCUT2D eigenvalue weighted by Gasteiger charge is -2.34. The number of rotatable bonds is 3. The SMILES string of the molecule is CC(C)c1ccc2c(c1)OC1(O)c3cccc(N)c3C(=O)C21NC(=O)c1cccc(Cl)c1. The standard InChI is InChI=1S/C25H21ClN2O4/c1-13(2)14-9-10-17-20(12-14)32-25(31)18-7-4-8-19(27)21(18)22(29)24(17,25)28-23(30)15-5-3-6-16(26)11-15/h3-13,31H,27H2,1-2H3,(H,28,30). The third-order valence-electron chi connectivity index (χ3n) is 6.26. The maximum absolute atomic E-state index is 13.9. The molecule has 3 aromatic carbocycles. The quantitative estimate of drug-likeness (QED) is 0.523. The fraction of sp³-hybridized carbons (Fsp3) is 0.200. The van der Waals surface area contributed by atoms with Crippen LogP contribution in [0.15, 0.2) is 60.7 Å². The monoisotopic (exact) mass is 448 g/mol. The Morgan fingerprint density at radius 1 is 1.09 bits per heavy atom. The van der Waals surface area contributed by atoms with Crippen LogP contribution in [0, 0.1) is 0 Å². The molecule has 0 saturated heterocycles. The number of carbonyl (C=O) groups is 2. The van der Waals surface area contributed by atoms with Crippen molar-refractivity contribution in [2.24, 2.45) is 0 Å². The van der Waals surface area contributed by atoms with Gasteiger partial charge in [-0.05, 0) is 41.8 Å². The van der Waals surface area contributed by atoms with Crippen molar-refractivity contribution in [3.8, 4) is 5.75 Å². The highest BCUT2D eigenvalue weighted by Crippen LogP contribution is 2.59. The number of nitrogens with one attached hydrogen (secondary N) is 1. The van der Waals surface area contributed by atoms with Crippen LogP contribution in [-0.4, -0.2) is 16.8 Å². The Bertz CT molecular complexity index is 1300. The molecule has 1 aliphatic heterocycles. The average Bonchev–Trinajstić information content (AvgIpc) is 3.11. The molecule has 2 aliphatic rings. The molecule has 0 bridgehead atoms. The zero-order valence-corrected chi connectivity index (χ0v) is 18.2. The molecule has 0 spiro atoms. The van der Waals surface area contributed by atoms with Crippen molar-refractivity contribution in [1.29, 1.82) is 0 Å². The van der Waals surface area contributed by atoms with Gasteiger partial charge in [0.2, 0.25) is 11.3 Å². The minimum absolute atomic E-state index is 0.139. The summed E-state index contributed by atoms with van der Waals surface area (Å²) in [7, 11) is 0. The van der Waals surface area contributed by atoms with Crippen molar-refractivity contribution >= 4 is 29.0 Å². The Kier molecular flexibility index (Phi) is 4.38. The van der Waals surface area contributed by atoms with Crippen molar-refractivity contribution in [3.05, 3.63) is 93.5 Å². The van der Waals surface area contributed by atoms with Crippen molar-refractivity contribution in [2.45, 2.75) is 31.1 Å². The number of hydrogen-bond donors (Lipinski definition) is 3. The number of halogens is 1. The predicted molar refractivity (Wildman–Crippen MR) is 121 cm³/mol. The average molecular weight is 449 g/mol. The van der Waals surface area contributed by atoms with Gasteiger partial charge in [0.25, 0.3) is 11.7 Å². The van der Waals surface area contributed by atoms with Crippen molar-refractivity contribution in [3.63, 3.8) is 0 Å². The third-order valence-corrected chi connectivity index (χ3v) is 6.49. The van der Waals surface area contributed by atoms with E-state index in [2.05, 4.69) is 5.32 Å². The molecule has 0 radical (unpaired) electrons. The van der Waals surface area contributed by atoms with Crippen molar-refractivity contribution in [2.75, 3.05) is 5.73 Å². The van der Waals surface area contributed by atoms with Crippen LogP contribution in [0.2, 0.25) is 5.02 Å². The van der Waals surface area contributed by atoms with Crippen LogP contribution in [0.25, 0.3) is 0 Å². The molecule has 1 aliphatic carbocycles. The number of aliphatic hydroxyl groups is 1. The first-order chi connectivity index (χ1) is 15.2. The number of nitrogen functional groups attached to an aromatic ring is 1. The highest BCUT2D eigenvalue weighted by atomic mass is 35.5. The van der Waals surface area contributed by atoms with Gasteiger partial charge in [0.1, 0.15) is 5.75 Å². The van der Waals surface area contributed by atoms with E-state index < -0.39 is 23.0 Å². The number of ketones is 1. The summed E-state index contributed by atoms with van der Waals surface area (Å²) in [5, 5.41) is 15.1. The van der Waals surface area contributed by atoms with Gasteiger partial charge in [-0.1, -0.05) is 55.8 Å². The van der Waals surface area contributed by atoms with Crippen LogP contribution in [-0.2, 0) is 11.3 Å². The molecule has 5 rings (SSSR count). The van der Waals surface area contributed by atoms with Gasteiger partial charge >= 0.3 is 0 Å². The number of Topliss-reactive ketones (excluding diaryl/α,β-unsaturated/α-hetero) is 1. The number of fused-ring (bicyclic) bond motifs is 5. The molecule has 4 N–H and O–H groups in total. The smallest absolute Gasteiger partial charge is 0.271 e. The lowest BCUT2D eigenvalue weighted by molar-refractivity contribution is -0.169. The summed E-state index contributed by atoms with van der Waals surface area (Å²) in [6.07, 6.45) is 0. The molecule has 6 nitrogen and oxygen atoms in total. The lowest BCUT2D eigenvalue weighted by Crippen LogP contribution is -2.60. The van der Waals surface area contributed by atoms with Gasteiger partial charge < -0.3 is 20.9 Å². The fourth-order valence-electron chi connectivity index (χ4n) is 4.62. The van der Waals surface area contributed by atoms with E-state index in [1.807, 2.05) is 19.9 Å². The first-order valence-electron chi connectivity index (χ1n) is 10.3. The number of ether oxygens (including phenoxy) is 1. The number of anilines is 1. The van der Waals surface area contributed by atoms with E-state index in [4.69, 9.17) is 22.1 Å². The molecule has 1 amide bonds. The van der Waals surface area contributed by atoms with E-state index in [0.29, 0.717) is 16.3 Å². The maximum atomic E-state index is 13.9. The molecule has 162 valence electrons. The Hall–Kier alpha value is -3.35. The summed E-state index contributed by atoms with van der Waals surface area (Å²) in [4.78, 5) is 27.2. The molecule has 3 aromatic rings. The normalized spacial score (nSPS) is 22.8. The van der Waals surface area contributed by atoms with E-state index in [1.54, 1.807) is 48.5 Å². The lowest BCUT2D eigenvalue weighted by atomic mass is 9.82. The second kappa shape index (κ2) is 6.82. The number of hydrogen-bond acceptors (Lipinski definition) is 5. The van der Waals surface area contributed by atoms with Gasteiger partial charge in [0, 0.05) is 27.4 Å². The molecule has 7 heteroatoms. The second-order valence-corrected chi connectivity index (χ2v) is 8.91. The maximum Gasteiger partial charge on any atom is 0.271 e. The van der Waals surface area contributed by atoms with E-state index in [1.165, 1.54) is 6.07 Å². The van der Waals surface area contributed by atoms with Gasteiger partial charge in [-0.3, -0.25) is 9.59 Å². The first-order valence-corrected chi connectivity index (χ1v) is 10.6. The largest absolute Gasteiger partial charge is 0.454 e. The van der Waals surface area contributed by atoms with Crippen LogP contribution >= 0.6 is 11.6 Å². The van der Waals surface area contributed by atoms with E-state index in [0.717, 1.165) is 5.56 Å². The molecule has 2 atom stereocenters. The highest BCUT2D eigenvalue weighted by molar-refractivity contribution is 6.31. The zero-order valence-electron chi connectivity index (χ0n) is 17.5. The van der Waals surface area contributed by atoms with E-state index in [9.17, 15) is 14.7 Å². The summed E-state index contributed by atoms with van der Waals surface area (Å²) in [6, 6.07) is 16.5. The Balaban J connectivity index is 1.73. The minimum atomic E-state index is -2.15. The summed E-state index contributed by atoms with van der Waals surface area (Å²) >= 11 is 6.06. The van der Waals surface area contributed by atoms with E-state index >= 15 is 0 Å². The summed E-state index contributed by atoms with van der Waals surface area (Å²) in [5.74, 6) is -2.71. The van der Waals surface area contributed by atoms with Gasteiger partial charge in [-0.25, -0.2) is 0 Å². The molecule has 0 fully saturated rings. The van der Waals surface area contributed by atoms with Crippen LogP contribution in [0.1, 0.15) is 57.2 Å². The molecule has 2 unspecified atom stereocenters. The van der Waals surface area contributed by atoms with Crippen LogP contribution in [0.3, 0.4) is 0 Å². The molecule has 1 heterocycles. The number of amides is 1. The molecule has 32 heavy (non-hydrogen) atoms. The third kappa shape index (κ3) is 2.57. The molecule has 0 saturated carbocycles. The zero-order chi connectivity index (χ0) is 22.8. The predicted octanol–water partition coefficient (Wildman–Crippen LogP) is 4.10. The molecule has 0 aromatic heterocycles. The van der Waals surface area contributed by atoms with Crippen molar-refractivity contribution in [1.82, 2.24) is 5.32 Å². The number of nitrogens with two attached hydrogens (primary N) is 1. The van der Waals surface area contributed by atoms with Gasteiger partial charge in [0.15, 0.2) is 0 Å². The van der Waals surface area contributed by atoms with Gasteiger partial charge in [-0.2, -0.15) is 0 Å². The topological polar surface area (TPSA) is 102 Å². The number of benzene rings is 3. The Morgan fingerprint density at radius 3 is 2.56 bits per heavy atom. The fourth-order valence-corrected chi connectivity index (χ4v) is 4.81. The summed E-state index contributed by atoms with van der Waals surface area (Å²) in [5.41, 5.74) is 6.38. The summed E-state index contributed by atoms with van der Waals surface area (Å²) in [6.45, 7) is 4.06. The minimum Gasteiger partial charge on any atom is -0.454 e. The molecular formula is C25H21ClN2O4. The second-order valence-electron chi connectivity index (χ2n) is 8.47. The van der Waals surface area contributed by atoms with Crippen LogP contribution < -0.4 is 15.8 Å². The van der Waals surface area contributed by atoms with Crippen molar-refractivity contribution < 1.29 is 19.4 Å². The Morgan fingerprint density at radius 2 is 1.84 bits per heavy atom. The Labute approximate surface area is 190 Å². The van der Waals surface area contributed by atoms with Gasteiger partial charge in [-0.15, -0.1) is 0 Å². The summed E-state index contributed by atoms with van der Waals surface area (Å²) < 4.78 is 6.06. The van der Waals surface area contributed by atoms with E-state index in [-0.39, 0.29) is 28.3 Å². The van der Waals surface area contributed by atoms with Crippen LogP contribution in [0.5, 0.6) is 5.75 Å². The first kappa shape index (κ1) is 20.5. The van der Waals surface area contributed by atoms with Crippen LogP contribution in [0.4, 0.5) is 5.69 Å².